The highest BCUT2D eigenvalue weighted by atomic mass is 19.1. The fourth-order valence-electron chi connectivity index (χ4n) is 14.4. The first-order valence-corrected chi connectivity index (χ1v) is 32.8. The Morgan fingerprint density at radius 2 is 0.652 bits per heavy atom. The van der Waals surface area contributed by atoms with Crippen molar-refractivity contribution in [3.05, 3.63) is 178 Å². The molecule has 8 aromatic carbocycles. The summed E-state index contributed by atoms with van der Waals surface area (Å²) in [4.78, 5) is 0. The van der Waals surface area contributed by atoms with Gasteiger partial charge in [0.2, 0.25) is 0 Å². The third-order valence-electron chi connectivity index (χ3n) is 18.6. The third kappa shape index (κ3) is 13.2. The molecule has 2 N–H and O–H groups in total. The van der Waals surface area contributed by atoms with Crippen LogP contribution in [-0.4, -0.2) is 32.6 Å². The molecule has 0 bridgehead atoms. The number of phenols is 2. The van der Waals surface area contributed by atoms with Crippen LogP contribution >= 0.6 is 0 Å². The molecule has 486 valence electrons. The van der Waals surface area contributed by atoms with E-state index in [-0.39, 0.29) is 74.1 Å². The van der Waals surface area contributed by atoms with E-state index in [1.807, 2.05) is 18.2 Å². The predicted molar refractivity (Wildman–Crippen MR) is 380 cm³/mol. The number of rotatable bonds is 13. The van der Waals surface area contributed by atoms with Gasteiger partial charge in [0.25, 0.3) is 0 Å². The molecule has 0 saturated heterocycles. The van der Waals surface area contributed by atoms with Crippen LogP contribution in [0.25, 0.3) is 77.2 Å². The van der Waals surface area contributed by atoms with Crippen molar-refractivity contribution in [3.8, 4) is 56.6 Å². The van der Waals surface area contributed by atoms with Crippen molar-refractivity contribution < 1.29 is 32.9 Å². The van der Waals surface area contributed by atoms with Crippen LogP contribution in [0, 0.1) is 35.2 Å². The van der Waals surface area contributed by atoms with Gasteiger partial charge >= 0.3 is 0 Å². The van der Waals surface area contributed by atoms with E-state index in [0.29, 0.717) is 33.8 Å². The highest BCUT2D eigenvalue weighted by molar-refractivity contribution is 6.11. The second-order valence-electron chi connectivity index (χ2n) is 34.2. The fraction of sp³-hybridized carbons (Fsp3) is 0.422. The minimum atomic E-state index is -0.957. The van der Waals surface area contributed by atoms with E-state index in [1.165, 1.54) is 40.5 Å². The molecular weight excluding hydrogens is 1150 g/mol. The van der Waals surface area contributed by atoms with Crippen LogP contribution < -0.4 is 9.47 Å². The lowest BCUT2D eigenvalue weighted by atomic mass is 9.71. The van der Waals surface area contributed by atoms with Crippen molar-refractivity contribution in [1.29, 1.82) is 0 Å². The molecule has 0 aliphatic carbocycles. The molecule has 2 heterocycles. The topological polar surface area (TPSA) is 68.8 Å². The van der Waals surface area contributed by atoms with Crippen LogP contribution in [0.4, 0.5) is 13.2 Å². The van der Waals surface area contributed by atoms with Gasteiger partial charge in [-0.25, -0.2) is 13.2 Å². The van der Waals surface area contributed by atoms with Crippen LogP contribution in [-0.2, 0) is 32.5 Å². The molecule has 2 aromatic heterocycles. The number of aryl methyl sites for hydroxylation is 1. The molecule has 0 saturated carbocycles. The number of fused-ring (bicyclic) bond motifs is 6. The average molecular weight is 1250 g/mol. The average Bonchev–Trinajstić information content (AvgIpc) is 1.53. The zero-order chi connectivity index (χ0) is 67.7. The first-order chi connectivity index (χ1) is 42.3. The standard InChI is InChI=1S/C83H99F3N2O4/c1-48-34-55(84)43-63(61-39-53(82(20,21)46-76(2,3)4)41-70(72(61)89)87-66-28-24-49(78(8,9)10)35-57(66)58-36-50(79(11,12)13)25-29-67(58)87)74(48)91-32-33-92-75-64(44-56(85)45-65(75)86)62-40-54(83(22,23)47-77(5,6)7)42-71(73(62)90)88-68-30-26-51(80(14,15)16)37-59(68)60-38-52(81(17,18)19)27-31-69(60)88/h24-31,34-45,89-90H,32-33,46-47H2,1-23H3. The third-order valence-corrected chi connectivity index (χ3v) is 18.6. The summed E-state index contributed by atoms with van der Waals surface area (Å²) in [6.07, 6.45) is 1.54. The summed E-state index contributed by atoms with van der Waals surface area (Å²) in [5.74, 6) is -2.50. The smallest absolute Gasteiger partial charge is 0.168 e. The Balaban J connectivity index is 1.10. The van der Waals surface area contributed by atoms with Crippen molar-refractivity contribution in [3.63, 3.8) is 0 Å². The molecular formula is C83H99F3N2O4. The number of phenolic OH excluding ortho intramolecular Hbond substituents is 2. The number of halogens is 3. The molecule has 0 spiro atoms. The maximum absolute atomic E-state index is 16.9. The lowest BCUT2D eigenvalue weighted by Gasteiger charge is -2.34. The molecule has 9 heteroatoms. The summed E-state index contributed by atoms with van der Waals surface area (Å²) in [5.41, 5.74) is 10.8. The second kappa shape index (κ2) is 23.1. The first kappa shape index (κ1) is 67.2. The number of hydrogen-bond donors (Lipinski definition) is 2. The Morgan fingerprint density at radius 3 is 0.967 bits per heavy atom. The summed E-state index contributed by atoms with van der Waals surface area (Å²) in [7, 11) is 0. The number of aromatic hydroxyl groups is 2. The summed E-state index contributed by atoms with van der Waals surface area (Å²) < 4.78 is 66.7. The van der Waals surface area contributed by atoms with E-state index in [1.54, 1.807) is 6.92 Å². The number of nitrogens with zero attached hydrogens (tertiary/aromatic N) is 2. The van der Waals surface area contributed by atoms with Gasteiger partial charge in [0, 0.05) is 49.9 Å². The zero-order valence-corrected chi connectivity index (χ0v) is 59.1. The molecule has 10 rings (SSSR count). The molecule has 0 atom stereocenters. The van der Waals surface area contributed by atoms with Crippen LogP contribution in [0.1, 0.15) is 204 Å². The van der Waals surface area contributed by atoms with Crippen LogP contribution in [0.3, 0.4) is 0 Å². The van der Waals surface area contributed by atoms with E-state index in [2.05, 4.69) is 240 Å². The first-order valence-electron chi connectivity index (χ1n) is 32.8. The van der Waals surface area contributed by atoms with Crippen LogP contribution in [0.2, 0.25) is 0 Å². The molecule has 92 heavy (non-hydrogen) atoms. The lowest BCUT2D eigenvalue weighted by molar-refractivity contribution is 0.211. The number of ether oxygens (including phenoxy) is 2. The van der Waals surface area contributed by atoms with E-state index in [9.17, 15) is 10.2 Å². The van der Waals surface area contributed by atoms with Crippen molar-refractivity contribution in [2.24, 2.45) is 10.8 Å². The fourth-order valence-corrected chi connectivity index (χ4v) is 14.4. The van der Waals surface area contributed by atoms with Gasteiger partial charge in [0.15, 0.2) is 11.6 Å². The van der Waals surface area contributed by atoms with Gasteiger partial charge < -0.3 is 28.8 Å². The van der Waals surface area contributed by atoms with Gasteiger partial charge in [-0.15, -0.1) is 0 Å². The molecule has 10 aromatic rings. The van der Waals surface area contributed by atoms with E-state index >= 15 is 13.2 Å². The van der Waals surface area contributed by atoms with Gasteiger partial charge in [-0.2, -0.15) is 0 Å². The normalized spacial score (nSPS) is 13.4. The lowest BCUT2D eigenvalue weighted by Crippen LogP contribution is -2.25. The molecule has 0 amide bonds. The molecule has 0 fully saturated rings. The Morgan fingerprint density at radius 1 is 0.348 bits per heavy atom. The highest BCUT2D eigenvalue weighted by Gasteiger charge is 2.35. The number of benzene rings is 8. The quantitative estimate of drug-likeness (QED) is 0.113. The van der Waals surface area contributed by atoms with Gasteiger partial charge in [0.05, 0.1) is 33.4 Å². The Bertz CT molecular complexity index is 4100. The van der Waals surface area contributed by atoms with Crippen molar-refractivity contribution in [2.75, 3.05) is 13.2 Å². The molecule has 0 unspecified atom stereocenters. The predicted octanol–water partition coefficient (Wildman–Crippen LogP) is 23.4. The number of hydrogen-bond acceptors (Lipinski definition) is 4. The summed E-state index contributed by atoms with van der Waals surface area (Å²) in [6, 6.07) is 38.9. The van der Waals surface area contributed by atoms with Gasteiger partial charge in [-0.05, 0) is 193 Å². The maximum atomic E-state index is 16.9. The number of aromatic nitrogens is 2. The van der Waals surface area contributed by atoms with Crippen LogP contribution in [0.15, 0.2) is 121 Å². The van der Waals surface area contributed by atoms with Gasteiger partial charge in [-0.3, -0.25) is 0 Å². The SMILES string of the molecule is Cc1cc(F)cc(-c2cc(C(C)(C)CC(C)(C)C)cc(-n3c4ccc(C(C)(C)C)cc4c4cc(C(C)(C)C)ccc43)c2O)c1OCCOc1c(F)cc(F)cc1-c1cc(C(C)(C)CC(C)(C)C)cc(-n2c3ccc(C(C)(C)C)cc3c3cc(C(C)(C)C)ccc32)c1O. The Kier molecular flexibility index (Phi) is 16.9. The van der Waals surface area contributed by atoms with E-state index < -0.39 is 28.3 Å². The molecule has 6 nitrogen and oxygen atoms in total. The summed E-state index contributed by atoms with van der Waals surface area (Å²) in [5, 5.41) is 30.4. The van der Waals surface area contributed by atoms with Crippen molar-refractivity contribution in [2.45, 2.75) is 205 Å². The minimum Gasteiger partial charge on any atom is -0.505 e. The molecule has 0 aliphatic heterocycles. The maximum Gasteiger partial charge on any atom is 0.168 e. The van der Waals surface area contributed by atoms with Crippen molar-refractivity contribution in [1.82, 2.24) is 9.13 Å². The largest absolute Gasteiger partial charge is 0.505 e. The summed E-state index contributed by atoms with van der Waals surface area (Å²) >= 11 is 0. The van der Waals surface area contributed by atoms with Gasteiger partial charge in [0.1, 0.15) is 42.1 Å². The highest BCUT2D eigenvalue weighted by Crippen LogP contribution is 2.51. The minimum absolute atomic E-state index is 0.0283. The monoisotopic (exact) mass is 1240 g/mol. The van der Waals surface area contributed by atoms with Crippen LogP contribution in [0.5, 0.6) is 23.0 Å². The van der Waals surface area contributed by atoms with Gasteiger partial charge in [-0.1, -0.05) is 177 Å². The van der Waals surface area contributed by atoms with E-state index in [0.717, 1.165) is 73.6 Å². The summed E-state index contributed by atoms with van der Waals surface area (Å²) in [6.45, 7) is 49.8. The van der Waals surface area contributed by atoms with E-state index in [4.69, 9.17) is 9.47 Å². The Hall–Kier alpha value is -7.65. The molecule has 0 aliphatic rings. The molecule has 0 radical (unpaired) electrons. The second-order valence-corrected chi connectivity index (χ2v) is 34.2. The van der Waals surface area contributed by atoms with Crippen molar-refractivity contribution >= 4 is 43.6 Å². The Labute approximate surface area is 545 Å². The zero-order valence-electron chi connectivity index (χ0n) is 59.1.